The Labute approximate surface area is 142 Å². The van der Waals surface area contributed by atoms with Crippen LogP contribution in [-0.2, 0) is 0 Å². The van der Waals surface area contributed by atoms with Gasteiger partial charge >= 0.3 is 5.69 Å². The summed E-state index contributed by atoms with van der Waals surface area (Å²) in [4.78, 5) is 40.9. The number of nitrogens with zero attached hydrogens (tertiary/aromatic N) is 1. The van der Waals surface area contributed by atoms with Crippen LogP contribution in [0.15, 0.2) is 33.9 Å². The number of aromatic amines is 2. The first-order valence-corrected chi connectivity index (χ1v) is 7.49. The molecule has 0 saturated heterocycles. The lowest BCUT2D eigenvalue weighted by Crippen LogP contribution is -2.30. The number of carbonyl (C=O) groups is 1. The van der Waals surface area contributed by atoms with E-state index in [-0.39, 0.29) is 22.7 Å². The number of aromatic nitrogens is 2. The lowest BCUT2D eigenvalue weighted by atomic mass is 9.96. The number of hydrogen-bond acceptors (Lipinski definition) is 4. The Morgan fingerprint density at radius 2 is 1.96 bits per heavy atom. The largest absolute Gasteiger partial charge is 0.326 e. The Morgan fingerprint density at radius 1 is 1.25 bits per heavy atom. The number of benzene rings is 1. The van der Waals surface area contributed by atoms with Gasteiger partial charge in [0.15, 0.2) is 0 Å². The number of nitrogens with one attached hydrogen (secondary N) is 2. The van der Waals surface area contributed by atoms with Gasteiger partial charge in [0.2, 0.25) is 5.78 Å². The molecule has 0 aliphatic carbocycles. The molecule has 0 spiro atoms. The van der Waals surface area contributed by atoms with Crippen molar-refractivity contribution < 1.29 is 4.79 Å². The van der Waals surface area contributed by atoms with E-state index in [0.717, 1.165) is 0 Å². The van der Waals surface area contributed by atoms with Crippen LogP contribution in [-0.4, -0.2) is 15.8 Å². The molecule has 2 aromatic rings. The molecule has 6 nitrogen and oxygen atoms in total. The molecule has 0 atom stereocenters. The van der Waals surface area contributed by atoms with Crippen LogP contribution < -0.4 is 11.2 Å². The molecular formula is C17H14ClN3O3. The first-order valence-electron chi connectivity index (χ1n) is 7.11. The summed E-state index contributed by atoms with van der Waals surface area (Å²) in [7, 11) is 0. The van der Waals surface area contributed by atoms with Gasteiger partial charge in [-0.3, -0.25) is 14.6 Å². The first-order chi connectivity index (χ1) is 11.3. The monoisotopic (exact) mass is 343 g/mol. The third-order valence-corrected chi connectivity index (χ3v) is 3.53. The number of ketones is 1. The molecular weight excluding hydrogens is 330 g/mol. The van der Waals surface area contributed by atoms with Crippen molar-refractivity contribution in [2.45, 2.75) is 19.8 Å². The molecule has 1 aromatic carbocycles. The minimum Gasteiger partial charge on any atom is -0.304 e. The summed E-state index contributed by atoms with van der Waals surface area (Å²) in [6, 6.07) is 6.42. The number of H-pyrrole nitrogens is 2. The van der Waals surface area contributed by atoms with E-state index in [9.17, 15) is 14.4 Å². The molecule has 1 aromatic heterocycles. The summed E-state index contributed by atoms with van der Waals surface area (Å²) in [6.07, 6.45) is 2.77. The van der Waals surface area contributed by atoms with Gasteiger partial charge < -0.3 is 4.98 Å². The van der Waals surface area contributed by atoms with E-state index in [0.29, 0.717) is 10.6 Å². The van der Waals surface area contributed by atoms with Crippen molar-refractivity contribution in [3.8, 4) is 6.07 Å². The fourth-order valence-corrected chi connectivity index (χ4v) is 2.59. The lowest BCUT2D eigenvalue weighted by Gasteiger charge is -2.10. The maximum Gasteiger partial charge on any atom is 0.326 e. The minimum atomic E-state index is -0.751. The van der Waals surface area contributed by atoms with Crippen molar-refractivity contribution in [3.63, 3.8) is 0 Å². The quantitative estimate of drug-likeness (QED) is 0.657. The van der Waals surface area contributed by atoms with Gasteiger partial charge in [-0.25, -0.2) is 4.79 Å². The van der Waals surface area contributed by atoms with Gasteiger partial charge in [-0.05, 0) is 35.8 Å². The first kappa shape index (κ1) is 17.4. The predicted molar refractivity (Wildman–Crippen MR) is 91.3 cm³/mol. The Balaban J connectivity index is 2.64. The molecule has 2 N–H and O–H groups in total. The summed E-state index contributed by atoms with van der Waals surface area (Å²) in [6.45, 7) is 3.50. The zero-order valence-electron chi connectivity index (χ0n) is 13.0. The predicted octanol–water partition coefficient (Wildman–Crippen LogP) is 2.61. The van der Waals surface area contributed by atoms with Crippen molar-refractivity contribution >= 4 is 23.5 Å². The van der Waals surface area contributed by atoms with E-state index in [2.05, 4.69) is 9.97 Å². The summed E-state index contributed by atoms with van der Waals surface area (Å²) < 4.78 is 0. The van der Waals surface area contributed by atoms with Gasteiger partial charge in [0.25, 0.3) is 5.56 Å². The zero-order valence-corrected chi connectivity index (χ0v) is 13.8. The molecule has 0 amide bonds. The Kier molecular flexibility index (Phi) is 5.17. The Hall–Kier alpha value is -2.91. The highest BCUT2D eigenvalue weighted by atomic mass is 35.5. The van der Waals surface area contributed by atoms with Crippen molar-refractivity contribution in [3.05, 3.63) is 72.5 Å². The average molecular weight is 344 g/mol. The van der Waals surface area contributed by atoms with Gasteiger partial charge in [-0.1, -0.05) is 25.4 Å². The molecule has 0 bridgehead atoms. The highest BCUT2D eigenvalue weighted by molar-refractivity contribution is 6.31. The van der Waals surface area contributed by atoms with Gasteiger partial charge in [-0.15, -0.1) is 0 Å². The molecule has 0 unspecified atom stereocenters. The number of rotatable bonds is 4. The third-order valence-electron chi connectivity index (χ3n) is 3.32. The minimum absolute atomic E-state index is 0.0590. The molecule has 1 heterocycles. The maximum absolute atomic E-state index is 12.8. The van der Waals surface area contributed by atoms with Crippen molar-refractivity contribution in [1.82, 2.24) is 9.97 Å². The SMILES string of the molecule is CC(C)c1c(C(=O)c2cc(Cl)cc(/C=C/C#N)c2)[nH]c(=O)[nH]c1=O. The van der Waals surface area contributed by atoms with Gasteiger partial charge in [0.05, 0.1) is 11.8 Å². The van der Waals surface area contributed by atoms with Crippen molar-refractivity contribution in [2.24, 2.45) is 0 Å². The molecule has 24 heavy (non-hydrogen) atoms. The van der Waals surface area contributed by atoms with E-state index in [1.165, 1.54) is 24.3 Å². The molecule has 2 rings (SSSR count). The zero-order chi connectivity index (χ0) is 17.9. The maximum atomic E-state index is 12.8. The Morgan fingerprint density at radius 3 is 2.58 bits per heavy atom. The number of hydrogen-bond donors (Lipinski definition) is 2. The van der Waals surface area contributed by atoms with Gasteiger partial charge in [0, 0.05) is 22.2 Å². The molecule has 122 valence electrons. The van der Waals surface area contributed by atoms with Crippen LogP contribution in [0.4, 0.5) is 0 Å². The highest BCUT2D eigenvalue weighted by Crippen LogP contribution is 2.21. The van der Waals surface area contributed by atoms with Crippen molar-refractivity contribution in [1.29, 1.82) is 5.26 Å². The second-order valence-corrected chi connectivity index (χ2v) is 5.85. The van der Waals surface area contributed by atoms with Crippen LogP contribution in [0, 0.1) is 11.3 Å². The van der Waals surface area contributed by atoms with Crippen LogP contribution in [0.3, 0.4) is 0 Å². The van der Waals surface area contributed by atoms with Crippen LogP contribution >= 0.6 is 11.6 Å². The molecule has 0 fully saturated rings. The van der Waals surface area contributed by atoms with E-state index < -0.39 is 17.0 Å². The number of nitriles is 1. The normalized spacial score (nSPS) is 11.0. The number of halogens is 1. The van der Waals surface area contributed by atoms with Crippen molar-refractivity contribution in [2.75, 3.05) is 0 Å². The smallest absolute Gasteiger partial charge is 0.304 e. The molecule has 0 aliphatic rings. The van der Waals surface area contributed by atoms with E-state index in [1.807, 2.05) is 6.07 Å². The third kappa shape index (κ3) is 3.70. The van der Waals surface area contributed by atoms with E-state index in [4.69, 9.17) is 16.9 Å². The van der Waals surface area contributed by atoms with E-state index in [1.54, 1.807) is 19.9 Å². The standard InChI is InChI=1S/C17H14ClN3O3/c1-9(2)13-14(20-17(24)21-16(13)23)15(22)11-6-10(4-3-5-19)7-12(18)8-11/h3-4,6-9H,1-2H3,(H2,20,21,23,24)/b4-3+. The summed E-state index contributed by atoms with van der Waals surface area (Å²) in [5.74, 6) is -0.780. The molecule has 7 heteroatoms. The second-order valence-electron chi connectivity index (χ2n) is 5.42. The summed E-state index contributed by atoms with van der Waals surface area (Å²) in [5.41, 5.74) is -0.429. The molecule has 0 radical (unpaired) electrons. The van der Waals surface area contributed by atoms with Gasteiger partial charge in [-0.2, -0.15) is 5.26 Å². The van der Waals surface area contributed by atoms with Crippen LogP contribution in [0.2, 0.25) is 5.02 Å². The van der Waals surface area contributed by atoms with Crippen LogP contribution in [0.1, 0.15) is 46.9 Å². The fourth-order valence-electron chi connectivity index (χ4n) is 2.34. The van der Waals surface area contributed by atoms with Gasteiger partial charge in [0.1, 0.15) is 0 Å². The highest BCUT2D eigenvalue weighted by Gasteiger charge is 2.21. The van der Waals surface area contributed by atoms with Crippen LogP contribution in [0.5, 0.6) is 0 Å². The summed E-state index contributed by atoms with van der Waals surface area (Å²) >= 11 is 6.02. The topological polar surface area (TPSA) is 107 Å². The lowest BCUT2D eigenvalue weighted by molar-refractivity contribution is 0.103. The number of carbonyl (C=O) groups excluding carboxylic acids is 1. The summed E-state index contributed by atoms with van der Waals surface area (Å²) in [5, 5.41) is 8.90. The Bertz CT molecular complexity index is 978. The number of allylic oxidation sites excluding steroid dienone is 1. The van der Waals surface area contributed by atoms with Crippen LogP contribution in [0.25, 0.3) is 6.08 Å². The molecule has 0 aliphatic heterocycles. The molecule has 0 saturated carbocycles. The average Bonchev–Trinajstić information content (AvgIpc) is 2.50. The van der Waals surface area contributed by atoms with E-state index >= 15 is 0 Å². The second kappa shape index (κ2) is 7.11. The fraction of sp³-hybridized carbons (Fsp3) is 0.176.